The van der Waals surface area contributed by atoms with Gasteiger partial charge in [0.15, 0.2) is 0 Å². The highest BCUT2D eigenvalue weighted by atomic mass is 16.5. The summed E-state index contributed by atoms with van der Waals surface area (Å²) in [7, 11) is 0. The van der Waals surface area contributed by atoms with Crippen LogP contribution in [0.1, 0.15) is 84.0 Å². The van der Waals surface area contributed by atoms with Gasteiger partial charge in [0.1, 0.15) is 0 Å². The molecule has 0 aromatic heterocycles. The average molecular weight is 325 g/mol. The Kier molecular flexibility index (Phi) is 18.1. The quantitative estimate of drug-likeness (QED) is 0.267. The van der Waals surface area contributed by atoms with Gasteiger partial charge in [-0.05, 0) is 51.4 Å². The minimum absolute atomic E-state index is 0.254. The van der Waals surface area contributed by atoms with Crippen LogP contribution in [-0.4, -0.2) is 24.3 Å². The van der Waals surface area contributed by atoms with Gasteiger partial charge >= 0.3 is 5.97 Å². The number of aliphatic carboxylic acids is 1. The van der Waals surface area contributed by atoms with Crippen molar-refractivity contribution in [2.45, 2.75) is 84.0 Å². The molecule has 3 nitrogen and oxygen atoms in total. The van der Waals surface area contributed by atoms with E-state index in [1.807, 2.05) is 0 Å². The van der Waals surface area contributed by atoms with Gasteiger partial charge in [-0.15, -0.1) is 0 Å². The molecule has 23 heavy (non-hydrogen) atoms. The second kappa shape index (κ2) is 19.0. The summed E-state index contributed by atoms with van der Waals surface area (Å²) in [6.45, 7) is 3.73. The van der Waals surface area contributed by atoms with Gasteiger partial charge in [-0.2, -0.15) is 0 Å². The first-order chi connectivity index (χ1) is 11.3. The summed E-state index contributed by atoms with van der Waals surface area (Å²) in [5.41, 5.74) is 0. The molecule has 0 heterocycles. The summed E-state index contributed by atoms with van der Waals surface area (Å²) in [5, 5.41) is 8.50. The molecule has 0 bridgehead atoms. The molecule has 0 unspecified atom stereocenters. The van der Waals surface area contributed by atoms with Gasteiger partial charge in [-0.25, -0.2) is 0 Å². The lowest BCUT2D eigenvalue weighted by atomic mass is 10.1. The normalized spacial score (nSPS) is 11.7. The molecule has 0 aliphatic rings. The molecule has 0 aliphatic heterocycles. The number of hydrogen-bond acceptors (Lipinski definition) is 2. The molecule has 0 aromatic rings. The van der Waals surface area contributed by atoms with Crippen molar-refractivity contribution in [2.24, 2.45) is 0 Å². The largest absolute Gasteiger partial charge is 0.481 e. The van der Waals surface area contributed by atoms with E-state index in [9.17, 15) is 4.79 Å². The molecule has 1 N–H and O–H groups in total. The molecular weight excluding hydrogens is 288 g/mol. The van der Waals surface area contributed by atoms with Crippen LogP contribution in [0.4, 0.5) is 0 Å². The fourth-order valence-corrected chi connectivity index (χ4v) is 2.24. The SMILES string of the molecule is CCCCC/C=C\C/C=C\CCCCCOCCCCC(=O)O. The average Bonchev–Trinajstić information content (AvgIpc) is 2.53. The second-order valence-electron chi connectivity index (χ2n) is 5.99. The van der Waals surface area contributed by atoms with Crippen molar-refractivity contribution in [3.63, 3.8) is 0 Å². The number of carboxylic acids is 1. The van der Waals surface area contributed by atoms with Gasteiger partial charge in [-0.3, -0.25) is 4.79 Å². The van der Waals surface area contributed by atoms with E-state index in [0.29, 0.717) is 13.0 Å². The van der Waals surface area contributed by atoms with Crippen LogP contribution >= 0.6 is 0 Å². The van der Waals surface area contributed by atoms with Crippen molar-refractivity contribution >= 4 is 5.97 Å². The van der Waals surface area contributed by atoms with Crippen LogP contribution in [0.3, 0.4) is 0 Å². The Morgan fingerprint density at radius 3 is 2.04 bits per heavy atom. The zero-order valence-electron chi connectivity index (χ0n) is 15.0. The van der Waals surface area contributed by atoms with Crippen LogP contribution in [-0.2, 0) is 9.53 Å². The molecule has 0 rings (SSSR count). The molecule has 134 valence electrons. The van der Waals surface area contributed by atoms with Crippen molar-refractivity contribution in [1.29, 1.82) is 0 Å². The van der Waals surface area contributed by atoms with Crippen molar-refractivity contribution in [3.05, 3.63) is 24.3 Å². The van der Waals surface area contributed by atoms with Gasteiger partial charge in [0.05, 0.1) is 0 Å². The topological polar surface area (TPSA) is 46.5 Å². The molecular formula is C20H36O3. The van der Waals surface area contributed by atoms with Crippen LogP contribution in [0.2, 0.25) is 0 Å². The summed E-state index contributed by atoms with van der Waals surface area (Å²) >= 11 is 0. The van der Waals surface area contributed by atoms with E-state index in [1.165, 1.54) is 38.5 Å². The maximum atomic E-state index is 10.3. The van der Waals surface area contributed by atoms with Crippen LogP contribution in [0.5, 0.6) is 0 Å². The third-order valence-electron chi connectivity index (χ3n) is 3.67. The van der Waals surface area contributed by atoms with E-state index < -0.39 is 5.97 Å². The number of carbonyl (C=O) groups is 1. The lowest BCUT2D eigenvalue weighted by Crippen LogP contribution is -1.99. The standard InChI is InChI=1S/C20H36O3/c1-2-3-4-5-6-7-8-9-10-11-12-13-15-18-23-19-16-14-17-20(21)22/h6-7,9-10H,2-5,8,11-19H2,1H3,(H,21,22)/b7-6-,10-9-. The first-order valence-corrected chi connectivity index (χ1v) is 9.37. The summed E-state index contributed by atoms with van der Waals surface area (Å²) in [4.78, 5) is 10.3. The maximum Gasteiger partial charge on any atom is 0.303 e. The number of unbranched alkanes of at least 4 members (excludes halogenated alkanes) is 7. The number of hydrogen-bond donors (Lipinski definition) is 1. The molecule has 0 fully saturated rings. The lowest BCUT2D eigenvalue weighted by molar-refractivity contribution is -0.137. The third-order valence-corrected chi connectivity index (χ3v) is 3.67. The van der Waals surface area contributed by atoms with Crippen molar-refractivity contribution in [3.8, 4) is 0 Å². The van der Waals surface area contributed by atoms with E-state index in [0.717, 1.165) is 32.3 Å². The summed E-state index contributed by atoms with van der Waals surface area (Å²) in [6.07, 6.45) is 21.8. The lowest BCUT2D eigenvalue weighted by Gasteiger charge is -2.03. The molecule has 0 saturated heterocycles. The summed E-state index contributed by atoms with van der Waals surface area (Å²) in [5.74, 6) is -0.718. The van der Waals surface area contributed by atoms with E-state index in [4.69, 9.17) is 9.84 Å². The van der Waals surface area contributed by atoms with Gasteiger partial charge in [0, 0.05) is 19.6 Å². The molecule has 0 aliphatic carbocycles. The fraction of sp³-hybridized carbons (Fsp3) is 0.750. The monoisotopic (exact) mass is 324 g/mol. The highest BCUT2D eigenvalue weighted by molar-refractivity contribution is 5.66. The Hall–Kier alpha value is -1.09. The van der Waals surface area contributed by atoms with Crippen molar-refractivity contribution in [2.75, 3.05) is 13.2 Å². The van der Waals surface area contributed by atoms with Gasteiger partial charge in [-0.1, -0.05) is 50.5 Å². The minimum atomic E-state index is -0.718. The number of allylic oxidation sites excluding steroid dienone is 4. The Morgan fingerprint density at radius 1 is 0.826 bits per heavy atom. The molecule has 0 amide bonds. The van der Waals surface area contributed by atoms with E-state index >= 15 is 0 Å². The Bertz CT molecular complexity index is 308. The second-order valence-corrected chi connectivity index (χ2v) is 5.99. The van der Waals surface area contributed by atoms with Crippen molar-refractivity contribution < 1.29 is 14.6 Å². The predicted octanol–water partition coefficient (Wildman–Crippen LogP) is 5.90. The first kappa shape index (κ1) is 21.9. The summed E-state index contributed by atoms with van der Waals surface area (Å²) in [6, 6.07) is 0. The van der Waals surface area contributed by atoms with E-state index in [-0.39, 0.29) is 6.42 Å². The zero-order valence-corrected chi connectivity index (χ0v) is 15.0. The van der Waals surface area contributed by atoms with Crippen molar-refractivity contribution in [1.82, 2.24) is 0 Å². The third kappa shape index (κ3) is 20.9. The Labute approximate surface area is 142 Å². The van der Waals surface area contributed by atoms with Gasteiger partial charge in [0.2, 0.25) is 0 Å². The minimum Gasteiger partial charge on any atom is -0.481 e. The van der Waals surface area contributed by atoms with E-state index in [2.05, 4.69) is 31.2 Å². The molecule has 0 atom stereocenters. The zero-order chi connectivity index (χ0) is 17.0. The number of rotatable bonds is 17. The molecule has 0 aromatic carbocycles. The van der Waals surface area contributed by atoms with Gasteiger partial charge < -0.3 is 9.84 Å². The van der Waals surface area contributed by atoms with Crippen LogP contribution in [0.25, 0.3) is 0 Å². The predicted molar refractivity (Wildman–Crippen MR) is 97.8 cm³/mol. The first-order valence-electron chi connectivity index (χ1n) is 9.37. The van der Waals surface area contributed by atoms with E-state index in [1.54, 1.807) is 0 Å². The summed E-state index contributed by atoms with van der Waals surface area (Å²) < 4.78 is 5.50. The number of ether oxygens (including phenoxy) is 1. The van der Waals surface area contributed by atoms with Crippen LogP contribution < -0.4 is 0 Å². The maximum absolute atomic E-state index is 10.3. The Morgan fingerprint density at radius 2 is 1.43 bits per heavy atom. The molecule has 0 saturated carbocycles. The number of carboxylic acid groups (broad SMARTS) is 1. The fourth-order valence-electron chi connectivity index (χ4n) is 2.24. The van der Waals surface area contributed by atoms with Gasteiger partial charge in [0.25, 0.3) is 0 Å². The van der Waals surface area contributed by atoms with Crippen LogP contribution in [0, 0.1) is 0 Å². The molecule has 3 heteroatoms. The highest BCUT2D eigenvalue weighted by Gasteiger charge is 1.96. The van der Waals surface area contributed by atoms with Crippen LogP contribution in [0.15, 0.2) is 24.3 Å². The highest BCUT2D eigenvalue weighted by Crippen LogP contribution is 2.04. The Balaban J connectivity index is 3.14. The molecule has 0 radical (unpaired) electrons. The smallest absolute Gasteiger partial charge is 0.303 e. The molecule has 0 spiro atoms.